The van der Waals surface area contributed by atoms with E-state index >= 15 is 0 Å². The maximum atomic E-state index is 6.20. The first-order chi connectivity index (χ1) is 15.7. The molecule has 0 aliphatic carbocycles. The Kier molecular flexibility index (Phi) is 4.53. The van der Waals surface area contributed by atoms with E-state index in [4.69, 9.17) is 9.52 Å². The zero-order valence-electron chi connectivity index (χ0n) is 18.0. The molecule has 0 fully saturated rings. The number of anilines is 2. The molecule has 32 heavy (non-hydrogen) atoms. The molecule has 0 saturated carbocycles. The predicted molar refractivity (Wildman–Crippen MR) is 131 cm³/mol. The smallest absolute Gasteiger partial charge is 0.148 e. The minimum absolute atomic E-state index is 0.746. The highest BCUT2D eigenvalue weighted by Crippen LogP contribution is 2.29. The van der Waals surface area contributed by atoms with E-state index in [2.05, 4.69) is 83.8 Å². The molecule has 0 radical (unpaired) electrons. The molecule has 0 atom stereocenters. The van der Waals surface area contributed by atoms with E-state index in [-0.39, 0.29) is 0 Å². The van der Waals surface area contributed by atoms with E-state index in [0.29, 0.717) is 0 Å². The van der Waals surface area contributed by atoms with E-state index in [9.17, 15) is 0 Å². The first-order valence-electron chi connectivity index (χ1n) is 11.1. The lowest BCUT2D eigenvalue weighted by Crippen LogP contribution is -2.12. The van der Waals surface area contributed by atoms with Crippen molar-refractivity contribution in [1.82, 2.24) is 0 Å². The maximum absolute atomic E-state index is 6.20. The van der Waals surface area contributed by atoms with Gasteiger partial charge in [0.2, 0.25) is 0 Å². The van der Waals surface area contributed by atoms with Crippen LogP contribution in [0, 0.1) is 6.92 Å². The molecule has 0 saturated heterocycles. The molecule has 6 rings (SSSR count). The van der Waals surface area contributed by atoms with Gasteiger partial charge >= 0.3 is 0 Å². The van der Waals surface area contributed by atoms with Crippen molar-refractivity contribution in [3.8, 4) is 0 Å². The van der Waals surface area contributed by atoms with Crippen LogP contribution in [0.25, 0.3) is 11.0 Å². The molecule has 0 bridgehead atoms. The van der Waals surface area contributed by atoms with Crippen LogP contribution in [0.3, 0.4) is 0 Å². The molecule has 2 aliphatic heterocycles. The summed E-state index contributed by atoms with van der Waals surface area (Å²) in [6.07, 6.45) is 5.78. The molecule has 3 aromatic carbocycles. The summed E-state index contributed by atoms with van der Waals surface area (Å²) in [5, 5.41) is 14.6. The van der Waals surface area contributed by atoms with Crippen LogP contribution in [-0.2, 0) is 12.8 Å². The van der Waals surface area contributed by atoms with Gasteiger partial charge in [0.25, 0.3) is 0 Å². The van der Waals surface area contributed by atoms with Crippen molar-refractivity contribution in [3.63, 3.8) is 0 Å². The first kappa shape index (κ1) is 18.9. The standard InChI is InChI=1S/C27H24N4O/c1-19-14-22-16-24(18-29-31-13-11-21-7-3-5-9-26(21)31)32-27(22)23(15-19)17-28-30-12-10-20-6-2-4-8-25(20)30/h2-9,14-18H,10-13H2,1H3. The largest absolute Gasteiger partial charge is 0.454 e. The van der Waals surface area contributed by atoms with Crippen LogP contribution in [-0.4, -0.2) is 25.5 Å². The number of nitrogens with zero attached hydrogens (tertiary/aromatic N) is 4. The second-order valence-corrected chi connectivity index (χ2v) is 8.41. The molecule has 4 aromatic rings. The number of aryl methyl sites for hydroxylation is 1. The summed E-state index contributed by atoms with van der Waals surface area (Å²) in [7, 11) is 0. The number of para-hydroxylation sites is 2. The van der Waals surface area contributed by atoms with Crippen molar-refractivity contribution < 1.29 is 4.42 Å². The summed E-state index contributed by atoms with van der Waals surface area (Å²) < 4.78 is 6.20. The molecule has 3 heterocycles. The minimum Gasteiger partial charge on any atom is -0.454 e. The van der Waals surface area contributed by atoms with Gasteiger partial charge in [0.15, 0.2) is 0 Å². The Hall–Kier alpha value is -3.86. The summed E-state index contributed by atoms with van der Waals surface area (Å²) in [6.45, 7) is 3.90. The lowest BCUT2D eigenvalue weighted by molar-refractivity contribution is 0.606. The molecule has 0 amide bonds. The number of hydrazone groups is 2. The third-order valence-corrected chi connectivity index (χ3v) is 6.19. The molecule has 158 valence electrons. The van der Waals surface area contributed by atoms with Crippen molar-refractivity contribution in [1.29, 1.82) is 0 Å². The van der Waals surface area contributed by atoms with E-state index in [1.807, 2.05) is 17.4 Å². The van der Waals surface area contributed by atoms with E-state index < -0.39 is 0 Å². The highest BCUT2D eigenvalue weighted by atomic mass is 16.3. The van der Waals surface area contributed by atoms with E-state index in [1.165, 1.54) is 28.1 Å². The normalized spacial score (nSPS) is 15.4. The average molecular weight is 421 g/mol. The SMILES string of the molecule is Cc1cc(C=NN2CCc3ccccc32)c2oc(C=NN3CCc4ccccc43)cc2c1. The Balaban J connectivity index is 1.29. The lowest BCUT2D eigenvalue weighted by atomic mass is 10.1. The highest BCUT2D eigenvalue weighted by Gasteiger charge is 2.18. The molecule has 0 N–H and O–H groups in total. The summed E-state index contributed by atoms with van der Waals surface area (Å²) in [5.41, 5.74) is 8.05. The fraction of sp³-hybridized carbons (Fsp3) is 0.185. The fourth-order valence-electron chi connectivity index (χ4n) is 4.66. The second kappa shape index (κ2) is 7.68. The Morgan fingerprint density at radius 3 is 2.09 bits per heavy atom. The van der Waals surface area contributed by atoms with Crippen LogP contribution in [0.1, 0.15) is 28.0 Å². The molecule has 0 unspecified atom stereocenters. The molecular weight excluding hydrogens is 396 g/mol. The van der Waals surface area contributed by atoms with Gasteiger partial charge in [0, 0.05) is 24.0 Å². The van der Waals surface area contributed by atoms with Gasteiger partial charge in [-0.05, 0) is 66.8 Å². The third kappa shape index (κ3) is 3.36. The maximum Gasteiger partial charge on any atom is 0.148 e. The molecular formula is C27H24N4O. The molecule has 5 heteroatoms. The number of fused-ring (bicyclic) bond motifs is 3. The Morgan fingerprint density at radius 1 is 0.781 bits per heavy atom. The number of hydrogen-bond donors (Lipinski definition) is 0. The van der Waals surface area contributed by atoms with Crippen LogP contribution in [0.2, 0.25) is 0 Å². The predicted octanol–water partition coefficient (Wildman–Crippen LogP) is 5.53. The minimum atomic E-state index is 0.746. The van der Waals surface area contributed by atoms with E-state index in [0.717, 1.165) is 48.2 Å². The Bertz CT molecular complexity index is 1370. The van der Waals surface area contributed by atoms with Crippen molar-refractivity contribution in [3.05, 3.63) is 94.7 Å². The van der Waals surface area contributed by atoms with Crippen LogP contribution >= 0.6 is 0 Å². The number of rotatable bonds is 4. The number of benzene rings is 3. The molecule has 1 aromatic heterocycles. The van der Waals surface area contributed by atoms with Crippen LogP contribution in [0.4, 0.5) is 11.4 Å². The van der Waals surface area contributed by atoms with Gasteiger partial charge in [-0.25, -0.2) is 0 Å². The van der Waals surface area contributed by atoms with Crippen molar-refractivity contribution in [2.45, 2.75) is 19.8 Å². The van der Waals surface area contributed by atoms with Gasteiger partial charge in [0.1, 0.15) is 11.3 Å². The Morgan fingerprint density at radius 2 is 1.41 bits per heavy atom. The van der Waals surface area contributed by atoms with Gasteiger partial charge in [-0.2, -0.15) is 10.2 Å². The number of hydrogen-bond acceptors (Lipinski definition) is 5. The molecule has 5 nitrogen and oxygen atoms in total. The van der Waals surface area contributed by atoms with Crippen LogP contribution < -0.4 is 10.0 Å². The highest BCUT2D eigenvalue weighted by molar-refractivity contribution is 5.99. The lowest BCUT2D eigenvalue weighted by Gasteiger charge is -2.12. The van der Waals surface area contributed by atoms with Gasteiger partial charge in [-0.15, -0.1) is 0 Å². The Labute approximate surface area is 187 Å². The van der Waals surface area contributed by atoms with Crippen molar-refractivity contribution in [2.24, 2.45) is 10.2 Å². The summed E-state index contributed by atoms with van der Waals surface area (Å²) >= 11 is 0. The summed E-state index contributed by atoms with van der Waals surface area (Å²) in [4.78, 5) is 0. The zero-order valence-corrected chi connectivity index (χ0v) is 18.0. The van der Waals surface area contributed by atoms with Crippen LogP contribution in [0.5, 0.6) is 0 Å². The van der Waals surface area contributed by atoms with E-state index in [1.54, 1.807) is 0 Å². The summed E-state index contributed by atoms with van der Waals surface area (Å²) in [6, 6.07) is 23.2. The monoisotopic (exact) mass is 420 g/mol. The van der Waals surface area contributed by atoms with Crippen molar-refractivity contribution >= 4 is 34.8 Å². The van der Waals surface area contributed by atoms with Gasteiger partial charge in [-0.3, -0.25) is 10.0 Å². The molecule has 2 aliphatic rings. The zero-order chi connectivity index (χ0) is 21.5. The quantitative estimate of drug-likeness (QED) is 0.408. The first-order valence-corrected chi connectivity index (χ1v) is 11.1. The molecule has 0 spiro atoms. The topological polar surface area (TPSA) is 44.3 Å². The van der Waals surface area contributed by atoms with Crippen LogP contribution in [0.15, 0.2) is 81.4 Å². The van der Waals surface area contributed by atoms with Crippen molar-refractivity contribution in [2.75, 3.05) is 23.1 Å². The van der Waals surface area contributed by atoms with Gasteiger partial charge in [-0.1, -0.05) is 36.4 Å². The van der Waals surface area contributed by atoms with Gasteiger partial charge in [0.05, 0.1) is 23.8 Å². The third-order valence-electron chi connectivity index (χ3n) is 6.19. The summed E-state index contributed by atoms with van der Waals surface area (Å²) in [5.74, 6) is 0.746. The van der Waals surface area contributed by atoms with Gasteiger partial charge < -0.3 is 4.42 Å². The second-order valence-electron chi connectivity index (χ2n) is 8.41. The average Bonchev–Trinajstić information content (AvgIpc) is 3.52. The number of furan rings is 1. The fourth-order valence-corrected chi connectivity index (χ4v) is 4.66.